The zero-order valence-electron chi connectivity index (χ0n) is 15.8. The fourth-order valence-electron chi connectivity index (χ4n) is 2.97. The van der Waals surface area contributed by atoms with Crippen LogP contribution in [0, 0.1) is 0 Å². The third-order valence-corrected chi connectivity index (χ3v) is 6.13. The molecule has 1 aliphatic heterocycles. The van der Waals surface area contributed by atoms with Crippen LogP contribution in [-0.2, 0) is 15.8 Å². The highest BCUT2D eigenvalue weighted by molar-refractivity contribution is 8.26. The topological polar surface area (TPSA) is 57.6 Å². The van der Waals surface area contributed by atoms with Crippen molar-refractivity contribution in [2.24, 2.45) is 0 Å². The van der Waals surface area contributed by atoms with E-state index in [4.69, 9.17) is 28.9 Å². The number of carbonyl (C=O) groups is 2. The van der Waals surface area contributed by atoms with Crippen molar-refractivity contribution >= 4 is 57.9 Å². The second-order valence-electron chi connectivity index (χ2n) is 6.65. The summed E-state index contributed by atoms with van der Waals surface area (Å²) in [4.78, 5) is 25.0. The van der Waals surface area contributed by atoms with E-state index in [9.17, 15) is 22.8 Å². The number of carbonyl (C=O) groups excluding carboxylic acids is 1. The van der Waals surface area contributed by atoms with Crippen molar-refractivity contribution in [1.82, 2.24) is 4.90 Å². The molecule has 2 aromatic carbocycles. The summed E-state index contributed by atoms with van der Waals surface area (Å²) in [7, 11) is 0. The first-order chi connectivity index (χ1) is 14.6. The molecule has 162 valence electrons. The third-order valence-electron chi connectivity index (χ3n) is 4.44. The summed E-state index contributed by atoms with van der Waals surface area (Å²) in [5.74, 6) is -1.25. The Morgan fingerprint density at radius 1 is 1.19 bits per heavy atom. The zero-order chi connectivity index (χ0) is 22.8. The van der Waals surface area contributed by atoms with Gasteiger partial charge in [-0.2, -0.15) is 13.2 Å². The van der Waals surface area contributed by atoms with Crippen molar-refractivity contribution in [2.75, 3.05) is 6.54 Å². The average Bonchev–Trinajstić information content (AvgIpc) is 2.94. The van der Waals surface area contributed by atoms with E-state index in [0.29, 0.717) is 32.3 Å². The Kier molecular flexibility index (Phi) is 7.08. The zero-order valence-corrected chi connectivity index (χ0v) is 18.2. The van der Waals surface area contributed by atoms with Crippen LogP contribution < -0.4 is 0 Å². The maximum Gasteiger partial charge on any atom is 0.417 e. The van der Waals surface area contributed by atoms with Crippen LogP contribution in [-0.4, -0.2) is 32.7 Å². The van der Waals surface area contributed by atoms with Crippen molar-refractivity contribution in [3.05, 3.63) is 63.5 Å². The van der Waals surface area contributed by atoms with E-state index in [1.165, 1.54) is 17.0 Å². The Bertz CT molecular complexity index is 1090. The summed E-state index contributed by atoms with van der Waals surface area (Å²) in [6.07, 6.45) is -2.66. The number of benzene rings is 2. The van der Waals surface area contributed by atoms with Crippen molar-refractivity contribution in [1.29, 1.82) is 0 Å². The highest BCUT2D eigenvalue weighted by atomic mass is 35.5. The van der Waals surface area contributed by atoms with E-state index in [2.05, 4.69) is 0 Å². The lowest BCUT2D eigenvalue weighted by Gasteiger charge is -2.13. The molecule has 0 atom stereocenters. The van der Waals surface area contributed by atoms with E-state index in [0.717, 1.165) is 17.8 Å². The molecule has 0 unspecified atom stereocenters. The molecule has 0 aromatic heterocycles. The van der Waals surface area contributed by atoms with Crippen molar-refractivity contribution in [3.8, 4) is 11.1 Å². The summed E-state index contributed by atoms with van der Waals surface area (Å²) < 4.78 is 39.1. The molecular weight excluding hydrogens is 471 g/mol. The molecule has 3 rings (SSSR count). The molecular formula is C21H15ClF3NO3S2. The number of carboxylic acids is 1. The van der Waals surface area contributed by atoms with Gasteiger partial charge < -0.3 is 5.11 Å². The lowest BCUT2D eigenvalue weighted by atomic mass is 10.0. The monoisotopic (exact) mass is 485 g/mol. The number of thiocarbonyl (C=S) groups is 1. The fraction of sp³-hybridized carbons (Fsp3) is 0.190. The van der Waals surface area contributed by atoms with Gasteiger partial charge in [0.2, 0.25) is 0 Å². The molecule has 1 aliphatic rings. The maximum atomic E-state index is 12.9. The van der Waals surface area contributed by atoms with Gasteiger partial charge in [0.1, 0.15) is 4.32 Å². The van der Waals surface area contributed by atoms with Gasteiger partial charge in [0, 0.05) is 13.0 Å². The quantitative estimate of drug-likeness (QED) is 0.396. The van der Waals surface area contributed by atoms with Gasteiger partial charge >= 0.3 is 12.1 Å². The predicted molar refractivity (Wildman–Crippen MR) is 119 cm³/mol. The van der Waals surface area contributed by atoms with Crippen LogP contribution in [0.2, 0.25) is 5.02 Å². The van der Waals surface area contributed by atoms with Crippen molar-refractivity contribution in [2.45, 2.75) is 19.0 Å². The van der Waals surface area contributed by atoms with E-state index in [1.54, 1.807) is 30.3 Å². The van der Waals surface area contributed by atoms with Crippen molar-refractivity contribution in [3.63, 3.8) is 0 Å². The molecule has 4 nitrogen and oxygen atoms in total. The first-order valence-electron chi connectivity index (χ1n) is 9.00. The number of amides is 1. The highest BCUT2D eigenvalue weighted by Gasteiger charge is 2.33. The Balaban J connectivity index is 1.81. The lowest BCUT2D eigenvalue weighted by molar-refractivity contribution is -0.138. The van der Waals surface area contributed by atoms with Crippen molar-refractivity contribution < 1.29 is 27.9 Å². The Morgan fingerprint density at radius 3 is 2.55 bits per heavy atom. The number of rotatable bonds is 6. The Hall–Kier alpha value is -2.36. The second-order valence-corrected chi connectivity index (χ2v) is 8.73. The smallest absolute Gasteiger partial charge is 0.417 e. The normalized spacial score (nSPS) is 15.7. The number of aliphatic carboxylic acids is 1. The summed E-state index contributed by atoms with van der Waals surface area (Å²) >= 11 is 12.2. The number of hydrogen-bond acceptors (Lipinski definition) is 4. The lowest BCUT2D eigenvalue weighted by Crippen LogP contribution is -2.29. The maximum absolute atomic E-state index is 12.9. The molecule has 31 heavy (non-hydrogen) atoms. The Morgan fingerprint density at radius 2 is 1.90 bits per heavy atom. The Labute approximate surface area is 190 Å². The van der Waals surface area contributed by atoms with E-state index in [-0.39, 0.29) is 18.9 Å². The predicted octanol–water partition coefficient (Wildman–Crippen LogP) is 6.09. The molecule has 1 amide bonds. The minimum absolute atomic E-state index is 0.0617. The van der Waals surface area contributed by atoms with Gasteiger partial charge in [-0.05, 0) is 47.4 Å². The summed E-state index contributed by atoms with van der Waals surface area (Å²) in [5.41, 5.74) is 0.913. The van der Waals surface area contributed by atoms with Crippen LogP contribution in [0.25, 0.3) is 17.2 Å². The van der Waals surface area contributed by atoms with Gasteiger partial charge in [-0.25, -0.2) is 0 Å². The second kappa shape index (κ2) is 9.42. The molecule has 2 aromatic rings. The van der Waals surface area contributed by atoms with Gasteiger partial charge in [-0.3, -0.25) is 14.5 Å². The summed E-state index contributed by atoms with van der Waals surface area (Å²) in [5, 5.41) is 8.35. The van der Waals surface area contributed by atoms with E-state index in [1.807, 2.05) is 0 Å². The van der Waals surface area contributed by atoms with Gasteiger partial charge in [-0.15, -0.1) is 0 Å². The molecule has 1 fully saturated rings. The number of hydrogen-bond donors (Lipinski definition) is 1. The molecule has 1 heterocycles. The number of nitrogens with zero attached hydrogens (tertiary/aromatic N) is 1. The van der Waals surface area contributed by atoms with Gasteiger partial charge in [0.25, 0.3) is 5.91 Å². The standard InChI is InChI=1S/C21H15ClF3NO3S2/c22-16-11-14(6-7-15(16)21(23,24)25)13-4-1-3-12(9-13)10-17-19(29)26(20(30)31-17)8-2-5-18(27)28/h1,3-4,6-7,9-11H,2,5,8H2,(H,27,28). The largest absolute Gasteiger partial charge is 0.481 e. The van der Waals surface area contributed by atoms with E-state index >= 15 is 0 Å². The van der Waals surface area contributed by atoms with Gasteiger partial charge in [-0.1, -0.05) is 59.8 Å². The molecule has 1 saturated heterocycles. The van der Waals surface area contributed by atoms with Crippen LogP contribution in [0.5, 0.6) is 0 Å². The van der Waals surface area contributed by atoms with Gasteiger partial charge in [0.15, 0.2) is 0 Å². The molecule has 10 heteroatoms. The summed E-state index contributed by atoms with van der Waals surface area (Å²) in [6.45, 7) is 0.221. The molecule has 0 saturated carbocycles. The third kappa shape index (κ3) is 5.66. The van der Waals surface area contributed by atoms with E-state index < -0.39 is 22.7 Å². The number of halogens is 4. The molecule has 0 bridgehead atoms. The first-order valence-corrected chi connectivity index (χ1v) is 10.6. The van der Waals surface area contributed by atoms with Crippen LogP contribution in [0.3, 0.4) is 0 Å². The first kappa shape index (κ1) is 23.3. The average molecular weight is 486 g/mol. The molecule has 0 spiro atoms. The molecule has 1 N–H and O–H groups in total. The minimum atomic E-state index is -4.53. The minimum Gasteiger partial charge on any atom is -0.481 e. The number of alkyl halides is 3. The van der Waals surface area contributed by atoms with Crippen LogP contribution in [0.1, 0.15) is 24.0 Å². The van der Waals surface area contributed by atoms with Crippen LogP contribution >= 0.6 is 35.6 Å². The van der Waals surface area contributed by atoms with Crippen LogP contribution in [0.4, 0.5) is 13.2 Å². The van der Waals surface area contributed by atoms with Gasteiger partial charge in [0.05, 0.1) is 15.5 Å². The fourth-order valence-corrected chi connectivity index (χ4v) is 4.56. The number of thioether (sulfide) groups is 1. The SMILES string of the molecule is O=C(O)CCCN1C(=O)C(=Cc2cccc(-c3ccc(C(F)(F)F)c(Cl)c3)c2)SC1=S. The summed E-state index contributed by atoms with van der Waals surface area (Å²) in [6, 6.07) is 10.5. The number of carboxylic acid groups (broad SMARTS) is 1. The van der Waals surface area contributed by atoms with Crippen LogP contribution in [0.15, 0.2) is 47.4 Å². The molecule has 0 radical (unpaired) electrons. The molecule has 0 aliphatic carbocycles. The highest BCUT2D eigenvalue weighted by Crippen LogP contribution is 2.37.